The van der Waals surface area contributed by atoms with Gasteiger partial charge in [-0.1, -0.05) is 49.2 Å². The molecular formula is C24H37BrN2O6. The van der Waals surface area contributed by atoms with Gasteiger partial charge in [0, 0.05) is 17.4 Å². The first kappa shape index (κ1) is 26.2. The van der Waals surface area contributed by atoms with Gasteiger partial charge in [-0.3, -0.25) is 14.4 Å². The van der Waals surface area contributed by atoms with Gasteiger partial charge in [-0.2, -0.15) is 0 Å². The summed E-state index contributed by atoms with van der Waals surface area (Å²) in [6.07, 6.45) is 3.53. The summed E-state index contributed by atoms with van der Waals surface area (Å²) >= 11 is 3.56. The third kappa shape index (κ3) is 4.25. The Morgan fingerprint density at radius 1 is 1.39 bits per heavy atom. The normalized spacial score (nSPS) is 34.5. The molecule has 0 saturated carbocycles. The maximum Gasteiger partial charge on any atom is 0.310 e. The summed E-state index contributed by atoms with van der Waals surface area (Å²) in [6, 6.07) is -1.66. The van der Waals surface area contributed by atoms with Crippen LogP contribution >= 0.6 is 15.9 Å². The van der Waals surface area contributed by atoms with Crippen LogP contribution in [-0.2, 0) is 19.1 Å². The molecule has 2 unspecified atom stereocenters. The molecule has 0 radical (unpaired) electrons. The van der Waals surface area contributed by atoms with E-state index in [4.69, 9.17) is 4.74 Å². The molecule has 2 amide bonds. The van der Waals surface area contributed by atoms with Crippen LogP contribution in [0.15, 0.2) is 12.7 Å². The smallest absolute Gasteiger partial charge is 0.310 e. The second-order valence-electron chi connectivity index (χ2n) is 10.1. The number of aliphatic carboxylic acids is 1. The molecule has 33 heavy (non-hydrogen) atoms. The largest absolute Gasteiger partial charge is 0.481 e. The first-order valence-corrected chi connectivity index (χ1v) is 12.9. The number of nitrogens with zero attached hydrogens (tertiary/aromatic N) is 2. The van der Waals surface area contributed by atoms with Crippen molar-refractivity contribution in [2.24, 2.45) is 17.8 Å². The lowest BCUT2D eigenvalue weighted by atomic mass is 9.70. The minimum absolute atomic E-state index is 0.0841. The molecule has 0 aromatic heterocycles. The van der Waals surface area contributed by atoms with Gasteiger partial charge in [-0.25, -0.2) is 0 Å². The Kier molecular flexibility index (Phi) is 7.96. The van der Waals surface area contributed by atoms with Crippen LogP contribution in [0.4, 0.5) is 0 Å². The van der Waals surface area contributed by atoms with Crippen LogP contribution in [0.5, 0.6) is 0 Å². The molecule has 2 bridgehead atoms. The number of ether oxygens (including phenoxy) is 1. The van der Waals surface area contributed by atoms with Gasteiger partial charge in [0.2, 0.25) is 11.8 Å². The molecule has 3 fully saturated rings. The highest BCUT2D eigenvalue weighted by atomic mass is 79.9. The first-order chi connectivity index (χ1) is 15.5. The maximum atomic E-state index is 14.2. The molecule has 186 valence electrons. The maximum absolute atomic E-state index is 14.2. The van der Waals surface area contributed by atoms with Crippen molar-refractivity contribution < 1.29 is 29.3 Å². The zero-order valence-electron chi connectivity index (χ0n) is 19.9. The van der Waals surface area contributed by atoms with Crippen LogP contribution < -0.4 is 0 Å². The number of hydrogen-bond acceptors (Lipinski definition) is 5. The Bertz CT molecular complexity index is 791. The summed E-state index contributed by atoms with van der Waals surface area (Å²) in [7, 11) is 0. The van der Waals surface area contributed by atoms with E-state index >= 15 is 0 Å². The number of hydrogen-bond donors (Lipinski definition) is 2. The van der Waals surface area contributed by atoms with E-state index in [2.05, 4.69) is 22.5 Å². The quantitative estimate of drug-likeness (QED) is 0.315. The van der Waals surface area contributed by atoms with Crippen LogP contribution in [0.1, 0.15) is 53.4 Å². The number of carboxylic acid groups (broad SMARTS) is 1. The highest BCUT2D eigenvalue weighted by molar-refractivity contribution is 9.09. The standard InChI is InChI=1S/C24H37BrN2O6/c1-6-8-14(5)26(9-7-2)22(30)20-24-11-16(25)19(33-24)17(23(31)32)18(24)21(29)27(20)15(12-28)10-13(3)4/h7,13-20,28H,2,6,8-12H2,1,3-5H3,(H,31,32)/t14?,15-,16?,17-,18+,19-,20-,24+/m1/s1. The zero-order chi connectivity index (χ0) is 24.7. The third-order valence-corrected chi connectivity index (χ3v) is 8.29. The molecule has 3 saturated heterocycles. The summed E-state index contributed by atoms with van der Waals surface area (Å²) in [5.41, 5.74) is -1.23. The average molecular weight is 529 g/mol. The van der Waals surface area contributed by atoms with Crippen molar-refractivity contribution in [3.63, 3.8) is 0 Å². The first-order valence-electron chi connectivity index (χ1n) is 11.9. The molecule has 0 aromatic carbocycles. The van der Waals surface area contributed by atoms with Crippen molar-refractivity contribution in [3.8, 4) is 0 Å². The molecule has 3 rings (SSSR count). The van der Waals surface area contributed by atoms with Crippen LogP contribution in [-0.4, -0.2) is 85.6 Å². The Morgan fingerprint density at radius 3 is 2.58 bits per heavy atom. The highest BCUT2D eigenvalue weighted by Gasteiger charge is 2.77. The fourth-order valence-electron chi connectivity index (χ4n) is 6.20. The molecule has 0 aliphatic carbocycles. The van der Waals surface area contributed by atoms with E-state index in [0.29, 0.717) is 19.4 Å². The Morgan fingerprint density at radius 2 is 2.06 bits per heavy atom. The lowest BCUT2D eigenvalue weighted by Gasteiger charge is -2.41. The van der Waals surface area contributed by atoms with Gasteiger partial charge in [0.15, 0.2) is 0 Å². The van der Waals surface area contributed by atoms with Gasteiger partial charge in [0.05, 0.1) is 30.6 Å². The molecule has 8 atom stereocenters. The van der Waals surface area contributed by atoms with E-state index in [1.54, 1.807) is 11.0 Å². The van der Waals surface area contributed by atoms with Gasteiger partial charge in [-0.15, -0.1) is 6.58 Å². The predicted molar refractivity (Wildman–Crippen MR) is 127 cm³/mol. The molecule has 3 aliphatic rings. The molecule has 3 aliphatic heterocycles. The number of carbonyl (C=O) groups excluding carboxylic acids is 2. The number of aliphatic hydroxyl groups is 1. The van der Waals surface area contributed by atoms with Crippen molar-refractivity contribution in [3.05, 3.63) is 12.7 Å². The number of carbonyl (C=O) groups is 3. The van der Waals surface area contributed by atoms with Crippen molar-refractivity contribution >= 4 is 33.7 Å². The molecule has 8 nitrogen and oxygen atoms in total. The van der Waals surface area contributed by atoms with Crippen molar-refractivity contribution in [2.45, 2.75) is 88.0 Å². The third-order valence-electron chi connectivity index (χ3n) is 7.44. The highest BCUT2D eigenvalue weighted by Crippen LogP contribution is 2.60. The number of likely N-dealkylation sites (tertiary alicyclic amines) is 1. The number of amides is 2. The Hall–Kier alpha value is -1.45. The molecule has 1 spiro atoms. The summed E-state index contributed by atoms with van der Waals surface area (Å²) < 4.78 is 6.33. The van der Waals surface area contributed by atoms with E-state index in [1.807, 2.05) is 27.7 Å². The van der Waals surface area contributed by atoms with E-state index in [1.165, 1.54) is 4.90 Å². The van der Waals surface area contributed by atoms with Crippen LogP contribution in [0.25, 0.3) is 0 Å². The minimum atomic E-state index is -1.23. The Labute approximate surface area is 204 Å². The van der Waals surface area contributed by atoms with Gasteiger partial charge in [0.1, 0.15) is 11.6 Å². The van der Waals surface area contributed by atoms with Gasteiger partial charge in [0.25, 0.3) is 0 Å². The van der Waals surface area contributed by atoms with Crippen LogP contribution in [0.2, 0.25) is 0 Å². The summed E-state index contributed by atoms with van der Waals surface area (Å²) in [4.78, 5) is 43.2. The van der Waals surface area contributed by atoms with E-state index in [9.17, 15) is 24.6 Å². The van der Waals surface area contributed by atoms with Crippen molar-refractivity contribution in [2.75, 3.05) is 13.2 Å². The second kappa shape index (κ2) is 10.0. The fourth-order valence-corrected chi connectivity index (χ4v) is 7.14. The van der Waals surface area contributed by atoms with E-state index in [-0.39, 0.29) is 29.3 Å². The fraction of sp³-hybridized carbons (Fsp3) is 0.792. The van der Waals surface area contributed by atoms with E-state index in [0.717, 1.165) is 12.8 Å². The number of halogens is 1. The van der Waals surface area contributed by atoms with Gasteiger partial charge in [-0.05, 0) is 32.1 Å². The van der Waals surface area contributed by atoms with E-state index < -0.39 is 47.5 Å². The van der Waals surface area contributed by atoms with Crippen LogP contribution in [0.3, 0.4) is 0 Å². The van der Waals surface area contributed by atoms with Gasteiger partial charge >= 0.3 is 5.97 Å². The molecule has 3 heterocycles. The molecular weight excluding hydrogens is 492 g/mol. The number of fused-ring (bicyclic) bond motifs is 1. The summed E-state index contributed by atoms with van der Waals surface area (Å²) in [6.45, 7) is 11.8. The number of carboxylic acids is 1. The minimum Gasteiger partial charge on any atom is -0.481 e. The second-order valence-corrected chi connectivity index (χ2v) is 11.3. The van der Waals surface area contributed by atoms with Crippen molar-refractivity contribution in [1.82, 2.24) is 9.80 Å². The number of alkyl halides is 1. The summed E-state index contributed by atoms with van der Waals surface area (Å²) in [5.74, 6) is -3.57. The van der Waals surface area contributed by atoms with Gasteiger partial charge < -0.3 is 24.7 Å². The topological polar surface area (TPSA) is 107 Å². The molecule has 0 aromatic rings. The number of rotatable bonds is 11. The Balaban J connectivity index is 2.13. The number of aliphatic hydroxyl groups excluding tert-OH is 1. The summed E-state index contributed by atoms with van der Waals surface area (Å²) in [5, 5.41) is 20.2. The van der Waals surface area contributed by atoms with Crippen molar-refractivity contribution in [1.29, 1.82) is 0 Å². The lowest BCUT2D eigenvalue weighted by Crippen LogP contribution is -2.60. The predicted octanol–water partition coefficient (Wildman–Crippen LogP) is 2.43. The SMILES string of the molecule is C=CCN(C(=O)[C@H]1N([C@@H](CO)CC(C)C)C(=O)[C@@H]2[C@@H](C(=O)O)[C@@H]3O[C@@]21CC3Br)C(C)CCC. The lowest BCUT2D eigenvalue weighted by molar-refractivity contribution is -0.154. The monoisotopic (exact) mass is 528 g/mol. The average Bonchev–Trinajstić information content (AvgIpc) is 3.33. The zero-order valence-corrected chi connectivity index (χ0v) is 21.5. The van der Waals surface area contributed by atoms with Crippen LogP contribution in [0, 0.1) is 17.8 Å². The molecule has 9 heteroatoms. The molecule has 2 N–H and O–H groups in total.